The maximum atomic E-state index is 14.0. The first-order valence-electron chi connectivity index (χ1n) is 8.13. The van der Waals surface area contributed by atoms with E-state index >= 15 is 0 Å². The molecular formula is C17H20BFN2O4S. The largest absolute Gasteiger partial charge is 0.475 e. The second-order valence-corrected chi connectivity index (χ2v) is 6.49. The van der Waals surface area contributed by atoms with Crippen molar-refractivity contribution in [1.82, 2.24) is 5.32 Å². The van der Waals surface area contributed by atoms with E-state index < -0.39 is 37.2 Å². The molecule has 0 fully saturated rings. The Labute approximate surface area is 155 Å². The van der Waals surface area contributed by atoms with Gasteiger partial charge in [0.15, 0.2) is 0 Å². The highest BCUT2D eigenvalue weighted by Gasteiger charge is 2.28. The summed E-state index contributed by atoms with van der Waals surface area (Å²) in [6.45, 7) is 1.20. The monoisotopic (exact) mass is 378 g/mol. The van der Waals surface area contributed by atoms with Gasteiger partial charge in [-0.15, -0.1) is 0 Å². The average molecular weight is 378 g/mol. The molecule has 0 unspecified atom stereocenters. The van der Waals surface area contributed by atoms with Crippen molar-refractivity contribution in [3.63, 3.8) is 0 Å². The van der Waals surface area contributed by atoms with E-state index in [2.05, 4.69) is 5.32 Å². The Morgan fingerprint density at radius 3 is 2.62 bits per heavy atom. The van der Waals surface area contributed by atoms with Crippen LogP contribution in [-0.4, -0.2) is 41.5 Å². The van der Waals surface area contributed by atoms with Crippen LogP contribution >= 0.6 is 11.3 Å². The number of nitrogens with one attached hydrogen (secondary N) is 1. The van der Waals surface area contributed by atoms with Crippen LogP contribution in [0.25, 0.3) is 0 Å². The van der Waals surface area contributed by atoms with Crippen LogP contribution in [0.15, 0.2) is 41.1 Å². The number of para-hydroxylation sites is 1. The van der Waals surface area contributed by atoms with E-state index in [9.17, 15) is 24.0 Å². The predicted molar refractivity (Wildman–Crippen MR) is 99.2 cm³/mol. The summed E-state index contributed by atoms with van der Waals surface area (Å²) >= 11 is 1.46. The predicted octanol–water partition coefficient (Wildman–Crippen LogP) is 1.37. The molecule has 1 atom stereocenters. The first-order valence-corrected chi connectivity index (χ1v) is 9.08. The Morgan fingerprint density at radius 1 is 1.31 bits per heavy atom. The van der Waals surface area contributed by atoms with Crippen molar-refractivity contribution in [3.8, 4) is 0 Å². The normalized spacial score (nSPS) is 11.7. The van der Waals surface area contributed by atoms with E-state index in [4.69, 9.17) is 0 Å². The van der Waals surface area contributed by atoms with E-state index in [-0.39, 0.29) is 18.5 Å². The zero-order chi connectivity index (χ0) is 19.1. The van der Waals surface area contributed by atoms with Crippen molar-refractivity contribution < 1.29 is 24.0 Å². The van der Waals surface area contributed by atoms with E-state index in [0.717, 1.165) is 10.5 Å². The smallest absolute Gasteiger partial charge is 0.426 e. The summed E-state index contributed by atoms with van der Waals surface area (Å²) in [7, 11) is -1.76. The van der Waals surface area contributed by atoms with E-state index in [1.807, 2.05) is 16.8 Å². The molecule has 138 valence electrons. The fourth-order valence-electron chi connectivity index (χ4n) is 2.46. The molecule has 0 radical (unpaired) electrons. The number of rotatable bonds is 8. The third-order valence-electron chi connectivity index (χ3n) is 3.79. The number of thiophene rings is 1. The fourth-order valence-corrected chi connectivity index (χ4v) is 3.14. The molecule has 1 aromatic heterocycles. The van der Waals surface area contributed by atoms with Gasteiger partial charge in [0.1, 0.15) is 12.4 Å². The number of benzene rings is 1. The number of carbonyl (C=O) groups excluding carboxylic acids is 2. The Balaban J connectivity index is 2.10. The second-order valence-electron chi connectivity index (χ2n) is 5.71. The maximum absolute atomic E-state index is 14.0. The molecule has 2 aromatic rings. The van der Waals surface area contributed by atoms with Crippen molar-refractivity contribution >= 4 is 36.0 Å². The number of hydrogen-bond donors (Lipinski definition) is 3. The van der Waals surface area contributed by atoms with Crippen LogP contribution in [0, 0.1) is 5.82 Å². The molecule has 0 aliphatic carbocycles. The van der Waals surface area contributed by atoms with Crippen molar-refractivity contribution in [1.29, 1.82) is 0 Å². The standard InChI is InChI=1S/C17H20BFN2O4S/c1-2-17(23)21(14-6-4-3-5-13(14)19)10-16(22)20-15(18(24)25)9-12-7-8-26-11-12/h3-8,11,15,24-25H,2,9-10H2,1H3,(H,20,22)/t15-/m0/s1. The fraction of sp³-hybridized carbons (Fsp3) is 0.294. The molecule has 1 aromatic carbocycles. The molecule has 0 bridgehead atoms. The van der Waals surface area contributed by atoms with Crippen molar-refractivity contribution in [3.05, 3.63) is 52.5 Å². The molecule has 0 saturated carbocycles. The highest BCUT2D eigenvalue weighted by atomic mass is 32.1. The third kappa shape index (κ3) is 5.39. The summed E-state index contributed by atoms with van der Waals surface area (Å²) in [5.74, 6) is -2.57. The van der Waals surface area contributed by atoms with Gasteiger partial charge in [0.05, 0.1) is 11.6 Å². The third-order valence-corrected chi connectivity index (χ3v) is 4.52. The molecule has 0 spiro atoms. The van der Waals surface area contributed by atoms with Crippen molar-refractivity contribution in [2.75, 3.05) is 11.4 Å². The first-order chi connectivity index (χ1) is 12.4. The van der Waals surface area contributed by atoms with Crippen LogP contribution in [0.4, 0.5) is 10.1 Å². The minimum atomic E-state index is -1.76. The van der Waals surface area contributed by atoms with E-state index in [1.54, 1.807) is 13.0 Å². The Morgan fingerprint density at radius 2 is 2.04 bits per heavy atom. The van der Waals surface area contributed by atoms with Crippen LogP contribution in [0.5, 0.6) is 0 Å². The van der Waals surface area contributed by atoms with Crippen molar-refractivity contribution in [2.24, 2.45) is 0 Å². The summed E-state index contributed by atoms with van der Waals surface area (Å²) in [5.41, 5.74) is 0.859. The highest BCUT2D eigenvalue weighted by molar-refractivity contribution is 7.07. The number of carbonyl (C=O) groups is 2. The van der Waals surface area contributed by atoms with Gasteiger partial charge in [-0.2, -0.15) is 11.3 Å². The molecule has 0 aliphatic heterocycles. The van der Waals surface area contributed by atoms with Gasteiger partial charge in [-0.25, -0.2) is 4.39 Å². The molecule has 0 aliphatic rings. The van der Waals surface area contributed by atoms with Crippen LogP contribution in [0.3, 0.4) is 0 Å². The van der Waals surface area contributed by atoms with Crippen LogP contribution in [0.2, 0.25) is 0 Å². The first kappa shape index (κ1) is 20.1. The molecule has 1 heterocycles. The number of anilines is 1. The lowest BCUT2D eigenvalue weighted by Crippen LogP contribution is -2.51. The van der Waals surface area contributed by atoms with Gasteiger partial charge in [0.25, 0.3) is 0 Å². The maximum Gasteiger partial charge on any atom is 0.475 e. The van der Waals surface area contributed by atoms with E-state index in [0.29, 0.717) is 0 Å². The van der Waals surface area contributed by atoms with Crippen LogP contribution in [0.1, 0.15) is 18.9 Å². The summed E-state index contributed by atoms with van der Waals surface area (Å²) < 4.78 is 14.0. The molecule has 9 heteroatoms. The number of amides is 2. The van der Waals surface area contributed by atoms with E-state index in [1.165, 1.54) is 29.5 Å². The van der Waals surface area contributed by atoms with Gasteiger partial charge in [0, 0.05) is 6.42 Å². The zero-order valence-corrected chi connectivity index (χ0v) is 15.1. The van der Waals surface area contributed by atoms with Gasteiger partial charge in [-0.3, -0.25) is 9.59 Å². The summed E-state index contributed by atoms with van der Waals surface area (Å²) in [4.78, 5) is 25.6. The SMILES string of the molecule is CCC(=O)N(CC(=O)N[C@@H](Cc1ccsc1)B(O)O)c1ccccc1F. The number of nitrogens with zero attached hydrogens (tertiary/aromatic N) is 1. The quantitative estimate of drug-likeness (QED) is 0.606. The molecular weight excluding hydrogens is 358 g/mol. The van der Waals surface area contributed by atoms with Crippen LogP contribution in [-0.2, 0) is 16.0 Å². The highest BCUT2D eigenvalue weighted by Crippen LogP contribution is 2.19. The Kier molecular flexibility index (Phi) is 7.32. The number of hydrogen-bond acceptors (Lipinski definition) is 5. The molecule has 2 amide bonds. The Hall–Kier alpha value is -2.23. The molecule has 0 saturated heterocycles. The summed E-state index contributed by atoms with van der Waals surface area (Å²) in [6, 6.07) is 7.51. The second kappa shape index (κ2) is 9.47. The van der Waals surface area contributed by atoms with Gasteiger partial charge in [0.2, 0.25) is 11.8 Å². The van der Waals surface area contributed by atoms with Gasteiger partial charge in [-0.1, -0.05) is 19.1 Å². The Bertz CT molecular complexity index is 742. The van der Waals surface area contributed by atoms with Crippen molar-refractivity contribution in [2.45, 2.75) is 25.7 Å². The van der Waals surface area contributed by atoms with Gasteiger partial charge in [-0.05, 0) is 40.9 Å². The lowest BCUT2D eigenvalue weighted by Gasteiger charge is -2.24. The lowest BCUT2D eigenvalue weighted by atomic mass is 9.76. The zero-order valence-electron chi connectivity index (χ0n) is 14.3. The molecule has 3 N–H and O–H groups in total. The molecule has 2 rings (SSSR count). The molecule has 6 nitrogen and oxygen atoms in total. The summed E-state index contributed by atoms with van der Waals surface area (Å²) in [6.07, 6.45) is 0.330. The minimum Gasteiger partial charge on any atom is -0.426 e. The minimum absolute atomic E-state index is 0.00781. The topological polar surface area (TPSA) is 89.9 Å². The van der Waals surface area contributed by atoms with Crippen LogP contribution < -0.4 is 10.2 Å². The number of halogens is 1. The summed E-state index contributed by atoms with van der Waals surface area (Å²) in [5, 5.41) is 25.2. The van der Waals surface area contributed by atoms with Gasteiger partial charge < -0.3 is 20.3 Å². The molecule has 26 heavy (non-hydrogen) atoms. The average Bonchev–Trinajstić information content (AvgIpc) is 3.12. The van der Waals surface area contributed by atoms with Gasteiger partial charge >= 0.3 is 7.12 Å². The lowest BCUT2D eigenvalue weighted by molar-refractivity contribution is -0.124.